The molecule has 1 aromatic heterocycles. The van der Waals surface area contributed by atoms with Gasteiger partial charge in [0.1, 0.15) is 5.75 Å². The van der Waals surface area contributed by atoms with Crippen molar-refractivity contribution in [2.24, 2.45) is 0 Å². The molecule has 160 valence electrons. The summed E-state index contributed by atoms with van der Waals surface area (Å²) in [5, 5.41) is 2.79. The average Bonchev–Trinajstić information content (AvgIpc) is 3.02. The van der Waals surface area contributed by atoms with E-state index in [1.165, 1.54) is 12.3 Å². The third-order valence-electron chi connectivity index (χ3n) is 3.95. The molecule has 5 nitrogen and oxygen atoms in total. The summed E-state index contributed by atoms with van der Waals surface area (Å²) in [6, 6.07) is 3.07. The molecule has 0 fully saturated rings. The number of nitrogens with zero attached hydrogens (tertiary/aromatic N) is 1. The van der Waals surface area contributed by atoms with Gasteiger partial charge in [-0.2, -0.15) is 13.2 Å². The van der Waals surface area contributed by atoms with Crippen molar-refractivity contribution < 1.29 is 26.4 Å². The number of alkyl halides is 3. The maximum absolute atomic E-state index is 12.9. The largest absolute Gasteiger partial charge is 0.416 e. The van der Waals surface area contributed by atoms with E-state index in [4.69, 9.17) is 11.6 Å². The summed E-state index contributed by atoms with van der Waals surface area (Å²) in [5.41, 5.74) is -0.523. The lowest BCUT2D eigenvalue weighted by Crippen LogP contribution is -2.24. The standard InChI is InChI=1S/C18H20ClF3N2O3S2/c1-2-3-4-7-29(26,27)11-16(25)24-17-23-10-14(28-17)9-12-8-13(18(20,21)22)5-6-15(12)19/h5-6,8,10H,2-4,7,9,11H2,1H3,(H,23,24,25). The number of sulfone groups is 1. The lowest BCUT2D eigenvalue weighted by Gasteiger charge is -2.09. The Balaban J connectivity index is 2.00. The molecule has 1 aromatic carbocycles. The van der Waals surface area contributed by atoms with Crippen LogP contribution in [-0.4, -0.2) is 30.8 Å². The molecule has 11 heteroatoms. The molecular formula is C18H20ClF3N2O3S2. The van der Waals surface area contributed by atoms with Crippen LogP contribution < -0.4 is 5.32 Å². The van der Waals surface area contributed by atoms with E-state index in [0.29, 0.717) is 11.3 Å². The van der Waals surface area contributed by atoms with Gasteiger partial charge in [0.25, 0.3) is 0 Å². The topological polar surface area (TPSA) is 76.1 Å². The van der Waals surface area contributed by atoms with Crippen LogP contribution in [-0.2, 0) is 27.2 Å². The van der Waals surface area contributed by atoms with Crippen LogP contribution in [0.2, 0.25) is 5.02 Å². The van der Waals surface area contributed by atoms with E-state index in [-0.39, 0.29) is 27.9 Å². The molecule has 2 aromatic rings. The van der Waals surface area contributed by atoms with Crippen molar-refractivity contribution in [3.63, 3.8) is 0 Å². The number of thiazole rings is 1. The van der Waals surface area contributed by atoms with Gasteiger partial charge >= 0.3 is 6.18 Å². The Morgan fingerprint density at radius 2 is 2.00 bits per heavy atom. The second-order valence-electron chi connectivity index (χ2n) is 6.46. The number of hydrogen-bond donors (Lipinski definition) is 1. The van der Waals surface area contributed by atoms with Gasteiger partial charge in [0.05, 0.1) is 11.3 Å². The Hall–Kier alpha value is -1.65. The van der Waals surface area contributed by atoms with Gasteiger partial charge in [0.15, 0.2) is 15.0 Å². The van der Waals surface area contributed by atoms with Gasteiger partial charge in [0.2, 0.25) is 5.91 Å². The van der Waals surface area contributed by atoms with E-state index in [1.807, 2.05) is 6.92 Å². The number of amides is 1. The highest BCUT2D eigenvalue weighted by molar-refractivity contribution is 7.92. The third-order valence-corrected chi connectivity index (χ3v) is 6.84. The van der Waals surface area contributed by atoms with Crippen LogP contribution in [0.1, 0.15) is 42.2 Å². The minimum atomic E-state index is -4.48. The Bertz CT molecular complexity index is 960. The van der Waals surface area contributed by atoms with Crippen LogP contribution in [0.5, 0.6) is 0 Å². The average molecular weight is 469 g/mol. The predicted molar refractivity (Wildman–Crippen MR) is 108 cm³/mol. The zero-order chi connectivity index (χ0) is 21.7. The van der Waals surface area contributed by atoms with Crippen LogP contribution in [0.4, 0.5) is 18.3 Å². The van der Waals surface area contributed by atoms with Gasteiger partial charge in [-0.05, 0) is 30.2 Å². The maximum Gasteiger partial charge on any atom is 0.416 e. The fourth-order valence-corrected chi connectivity index (χ4v) is 4.82. The molecule has 1 N–H and O–H groups in total. The van der Waals surface area contributed by atoms with Crippen LogP contribution in [0.25, 0.3) is 0 Å². The molecule has 0 aliphatic rings. The number of rotatable bonds is 9. The minimum Gasteiger partial charge on any atom is -0.301 e. The molecule has 0 aliphatic carbocycles. The van der Waals surface area contributed by atoms with Crippen molar-refractivity contribution in [1.82, 2.24) is 4.98 Å². The quantitative estimate of drug-likeness (QED) is 0.528. The molecule has 0 aliphatic heterocycles. The van der Waals surface area contributed by atoms with Crippen LogP contribution in [0, 0.1) is 0 Å². The van der Waals surface area contributed by atoms with Gasteiger partial charge in [-0.15, -0.1) is 11.3 Å². The number of anilines is 1. The summed E-state index contributed by atoms with van der Waals surface area (Å²) < 4.78 is 62.4. The van der Waals surface area contributed by atoms with Gasteiger partial charge in [-0.25, -0.2) is 13.4 Å². The third kappa shape index (κ3) is 7.60. The van der Waals surface area contributed by atoms with Gasteiger partial charge in [-0.1, -0.05) is 31.4 Å². The molecule has 0 bridgehead atoms. The first-order valence-corrected chi connectivity index (χ1v) is 11.8. The van der Waals surface area contributed by atoms with Crippen molar-refractivity contribution in [1.29, 1.82) is 0 Å². The first-order valence-electron chi connectivity index (χ1n) is 8.81. The summed E-state index contributed by atoms with van der Waals surface area (Å²) in [6.45, 7) is 1.95. The molecule has 0 unspecified atom stereocenters. The van der Waals surface area contributed by atoms with E-state index >= 15 is 0 Å². The predicted octanol–water partition coefficient (Wildman–Crippen LogP) is 4.95. The smallest absolute Gasteiger partial charge is 0.301 e. The van der Waals surface area contributed by atoms with Crippen molar-refractivity contribution in [2.45, 2.75) is 38.8 Å². The molecule has 0 spiro atoms. The monoisotopic (exact) mass is 468 g/mol. The summed E-state index contributed by atoms with van der Waals surface area (Å²) in [5.74, 6) is -1.38. The minimum absolute atomic E-state index is 0.0502. The fourth-order valence-electron chi connectivity index (χ4n) is 2.52. The molecular weight excluding hydrogens is 449 g/mol. The molecule has 0 saturated carbocycles. The molecule has 2 rings (SSSR count). The van der Waals surface area contributed by atoms with Gasteiger partial charge in [-0.3, -0.25) is 4.79 Å². The Kier molecular flexibility index (Phi) is 8.07. The zero-order valence-electron chi connectivity index (χ0n) is 15.6. The summed E-state index contributed by atoms with van der Waals surface area (Å²) in [4.78, 5) is 16.5. The van der Waals surface area contributed by atoms with E-state index < -0.39 is 33.2 Å². The number of nitrogens with one attached hydrogen (secondary N) is 1. The Labute approximate surface area is 176 Å². The molecule has 0 saturated heterocycles. The highest BCUT2D eigenvalue weighted by atomic mass is 35.5. The van der Waals surface area contributed by atoms with Crippen LogP contribution in [0.15, 0.2) is 24.4 Å². The van der Waals surface area contributed by atoms with Gasteiger partial charge in [0, 0.05) is 22.5 Å². The zero-order valence-corrected chi connectivity index (χ0v) is 17.9. The fraction of sp³-hybridized carbons (Fsp3) is 0.444. The number of carbonyl (C=O) groups is 1. The molecule has 1 heterocycles. The highest BCUT2D eigenvalue weighted by Crippen LogP contribution is 2.33. The Morgan fingerprint density at radius 3 is 2.66 bits per heavy atom. The number of unbranched alkanes of at least 4 members (excludes halogenated alkanes) is 2. The molecule has 0 radical (unpaired) electrons. The number of carbonyl (C=O) groups excluding carboxylic acids is 1. The highest BCUT2D eigenvalue weighted by Gasteiger charge is 2.31. The van der Waals surface area contributed by atoms with Crippen molar-refractivity contribution in [2.75, 3.05) is 16.8 Å². The second kappa shape index (κ2) is 9.90. The number of benzene rings is 1. The van der Waals surface area contributed by atoms with Crippen molar-refractivity contribution in [3.8, 4) is 0 Å². The van der Waals surface area contributed by atoms with Crippen molar-refractivity contribution >= 4 is 43.8 Å². The van der Waals surface area contributed by atoms with E-state index in [9.17, 15) is 26.4 Å². The van der Waals surface area contributed by atoms with Crippen LogP contribution in [0.3, 0.4) is 0 Å². The molecule has 29 heavy (non-hydrogen) atoms. The summed E-state index contributed by atoms with van der Waals surface area (Å²) in [6.07, 6.45) is -0.813. The molecule has 1 amide bonds. The van der Waals surface area contributed by atoms with Crippen LogP contribution >= 0.6 is 22.9 Å². The number of halogens is 4. The number of aromatic nitrogens is 1. The van der Waals surface area contributed by atoms with E-state index in [0.717, 1.165) is 36.3 Å². The molecule has 0 atom stereocenters. The number of hydrogen-bond acceptors (Lipinski definition) is 5. The summed E-state index contributed by atoms with van der Waals surface area (Å²) >= 11 is 7.04. The lowest BCUT2D eigenvalue weighted by molar-refractivity contribution is -0.137. The van der Waals surface area contributed by atoms with E-state index in [2.05, 4.69) is 10.3 Å². The SMILES string of the molecule is CCCCCS(=O)(=O)CC(=O)Nc1ncc(Cc2cc(C(F)(F)F)ccc2Cl)s1. The van der Waals surface area contributed by atoms with E-state index in [1.54, 1.807) is 0 Å². The first kappa shape index (κ1) is 23.6. The van der Waals surface area contributed by atoms with Gasteiger partial charge < -0.3 is 5.32 Å². The summed E-state index contributed by atoms with van der Waals surface area (Å²) in [7, 11) is -3.50. The Morgan fingerprint density at radius 1 is 1.28 bits per heavy atom. The second-order valence-corrected chi connectivity index (χ2v) is 10.2. The normalized spacial score (nSPS) is 12.2. The lowest BCUT2D eigenvalue weighted by atomic mass is 10.1. The van der Waals surface area contributed by atoms with Crippen molar-refractivity contribution in [3.05, 3.63) is 45.4 Å². The first-order chi connectivity index (χ1) is 13.5. The maximum atomic E-state index is 12.9.